The van der Waals surface area contributed by atoms with Crippen LogP contribution in [-0.2, 0) is 23.6 Å². The third kappa shape index (κ3) is 2.68. The number of nitrogen functional groups attached to an aromatic ring is 1. The Hall–Kier alpha value is -1.86. The lowest BCUT2D eigenvalue weighted by Crippen LogP contribution is -2.28. The van der Waals surface area contributed by atoms with Crippen LogP contribution in [0.3, 0.4) is 0 Å². The summed E-state index contributed by atoms with van der Waals surface area (Å²) in [6.07, 6.45) is 3.43. The molecule has 1 heterocycles. The summed E-state index contributed by atoms with van der Waals surface area (Å²) in [5, 5.41) is 0. The number of aryl methyl sites for hydroxylation is 2. The quantitative estimate of drug-likeness (QED) is 0.857. The molecular formula is C13H18N4O2S. The van der Waals surface area contributed by atoms with Crippen LogP contribution in [0.5, 0.6) is 0 Å². The van der Waals surface area contributed by atoms with Crippen molar-refractivity contribution in [1.82, 2.24) is 13.9 Å². The van der Waals surface area contributed by atoms with E-state index >= 15 is 0 Å². The van der Waals surface area contributed by atoms with Crippen molar-refractivity contribution in [3.05, 3.63) is 42.0 Å². The summed E-state index contributed by atoms with van der Waals surface area (Å²) in [6.45, 7) is 1.95. The van der Waals surface area contributed by atoms with E-state index in [9.17, 15) is 8.42 Å². The highest BCUT2D eigenvalue weighted by Crippen LogP contribution is 2.22. The molecule has 0 amide bonds. The van der Waals surface area contributed by atoms with Gasteiger partial charge in [-0.25, -0.2) is 13.4 Å². The fourth-order valence-corrected chi connectivity index (χ4v) is 3.29. The zero-order valence-electron chi connectivity index (χ0n) is 11.7. The molecule has 2 N–H and O–H groups in total. The highest BCUT2D eigenvalue weighted by Gasteiger charge is 2.23. The first-order chi connectivity index (χ1) is 9.32. The van der Waals surface area contributed by atoms with Gasteiger partial charge in [0, 0.05) is 32.2 Å². The van der Waals surface area contributed by atoms with Crippen molar-refractivity contribution in [3.63, 3.8) is 0 Å². The topological polar surface area (TPSA) is 81.2 Å². The molecule has 0 aliphatic heterocycles. The Morgan fingerprint density at radius 2 is 2.10 bits per heavy atom. The smallest absolute Gasteiger partial charge is 0.243 e. The van der Waals surface area contributed by atoms with Crippen LogP contribution in [0.2, 0.25) is 0 Å². The van der Waals surface area contributed by atoms with E-state index < -0.39 is 10.0 Å². The molecule has 0 saturated carbocycles. The van der Waals surface area contributed by atoms with Crippen LogP contribution < -0.4 is 5.73 Å². The van der Waals surface area contributed by atoms with Gasteiger partial charge in [0.1, 0.15) is 5.82 Å². The van der Waals surface area contributed by atoms with Gasteiger partial charge in [0.2, 0.25) is 10.0 Å². The van der Waals surface area contributed by atoms with Gasteiger partial charge in [-0.05, 0) is 30.7 Å². The van der Waals surface area contributed by atoms with Crippen molar-refractivity contribution in [2.45, 2.75) is 18.4 Å². The van der Waals surface area contributed by atoms with Crippen molar-refractivity contribution >= 4 is 15.7 Å². The average molecular weight is 294 g/mol. The molecule has 0 aliphatic carbocycles. The molecule has 2 aromatic rings. The number of anilines is 1. The molecule has 1 aromatic carbocycles. The van der Waals surface area contributed by atoms with E-state index in [0.717, 1.165) is 0 Å². The van der Waals surface area contributed by atoms with Crippen molar-refractivity contribution in [2.24, 2.45) is 7.05 Å². The van der Waals surface area contributed by atoms with Gasteiger partial charge in [-0.1, -0.05) is 0 Å². The zero-order valence-corrected chi connectivity index (χ0v) is 12.6. The molecule has 2 rings (SSSR count). The molecule has 0 atom stereocenters. The highest BCUT2D eigenvalue weighted by molar-refractivity contribution is 7.89. The summed E-state index contributed by atoms with van der Waals surface area (Å²) in [5.74, 6) is 0.684. The molecular weight excluding hydrogens is 276 g/mol. The monoisotopic (exact) mass is 294 g/mol. The minimum atomic E-state index is -3.55. The Morgan fingerprint density at radius 3 is 2.65 bits per heavy atom. The van der Waals surface area contributed by atoms with Crippen LogP contribution in [0.25, 0.3) is 0 Å². The van der Waals surface area contributed by atoms with Gasteiger partial charge in [-0.3, -0.25) is 0 Å². The molecule has 108 valence electrons. The summed E-state index contributed by atoms with van der Waals surface area (Å²) in [5.41, 5.74) is 6.84. The summed E-state index contributed by atoms with van der Waals surface area (Å²) in [4.78, 5) is 4.40. The fraction of sp³-hybridized carbons (Fsp3) is 0.308. The van der Waals surface area contributed by atoms with Gasteiger partial charge in [0.25, 0.3) is 0 Å². The van der Waals surface area contributed by atoms with Crippen LogP contribution in [-0.4, -0.2) is 29.3 Å². The lowest BCUT2D eigenvalue weighted by Gasteiger charge is -2.18. The Bertz CT molecular complexity index is 722. The summed E-state index contributed by atoms with van der Waals surface area (Å²) in [6, 6.07) is 4.78. The minimum absolute atomic E-state index is 0.218. The summed E-state index contributed by atoms with van der Waals surface area (Å²) >= 11 is 0. The molecule has 0 radical (unpaired) electrons. The second-order valence-corrected chi connectivity index (χ2v) is 6.75. The predicted octanol–water partition coefficient (Wildman–Crippen LogP) is 1.13. The van der Waals surface area contributed by atoms with Crippen molar-refractivity contribution in [1.29, 1.82) is 0 Å². The standard InChI is InChI=1S/C13H18N4O2S/c1-10-8-11(14)4-5-12(10)20(18,19)17(3)9-13-15-6-7-16(13)2/h4-8H,9,14H2,1-3H3. The van der Waals surface area contributed by atoms with E-state index in [4.69, 9.17) is 5.73 Å². The summed E-state index contributed by atoms with van der Waals surface area (Å²) in [7, 11) is -0.183. The van der Waals surface area contributed by atoms with E-state index in [1.165, 1.54) is 10.4 Å². The van der Waals surface area contributed by atoms with Crippen molar-refractivity contribution in [2.75, 3.05) is 12.8 Å². The van der Waals surface area contributed by atoms with E-state index in [0.29, 0.717) is 17.1 Å². The molecule has 0 fully saturated rings. The van der Waals surface area contributed by atoms with Gasteiger partial charge < -0.3 is 10.3 Å². The number of nitrogens with two attached hydrogens (primary N) is 1. The average Bonchev–Trinajstić information content (AvgIpc) is 2.74. The maximum Gasteiger partial charge on any atom is 0.243 e. The first-order valence-electron chi connectivity index (χ1n) is 6.11. The molecule has 0 bridgehead atoms. The lowest BCUT2D eigenvalue weighted by atomic mass is 10.2. The summed E-state index contributed by atoms with van der Waals surface area (Å²) < 4.78 is 28.2. The van der Waals surface area contributed by atoms with Gasteiger partial charge in [-0.2, -0.15) is 4.31 Å². The van der Waals surface area contributed by atoms with E-state index in [2.05, 4.69) is 4.98 Å². The molecule has 20 heavy (non-hydrogen) atoms. The lowest BCUT2D eigenvalue weighted by molar-refractivity contribution is 0.451. The number of hydrogen-bond acceptors (Lipinski definition) is 4. The first-order valence-corrected chi connectivity index (χ1v) is 7.55. The Balaban J connectivity index is 2.32. The maximum atomic E-state index is 12.5. The number of imidazole rings is 1. The number of benzene rings is 1. The van der Waals surface area contributed by atoms with Crippen LogP contribution in [0, 0.1) is 6.92 Å². The largest absolute Gasteiger partial charge is 0.399 e. The normalized spacial score (nSPS) is 12.0. The van der Waals surface area contributed by atoms with Gasteiger partial charge >= 0.3 is 0 Å². The molecule has 0 saturated heterocycles. The zero-order chi connectivity index (χ0) is 14.9. The van der Waals surface area contributed by atoms with Crippen LogP contribution in [0.4, 0.5) is 5.69 Å². The van der Waals surface area contributed by atoms with Crippen LogP contribution in [0.15, 0.2) is 35.5 Å². The Labute approximate surface area is 118 Å². The SMILES string of the molecule is Cc1cc(N)ccc1S(=O)(=O)N(C)Cc1nccn1C. The number of nitrogens with zero attached hydrogens (tertiary/aromatic N) is 3. The van der Waals surface area contributed by atoms with E-state index in [1.54, 1.807) is 43.1 Å². The fourth-order valence-electron chi connectivity index (χ4n) is 1.96. The van der Waals surface area contributed by atoms with Gasteiger partial charge in [0.15, 0.2) is 0 Å². The van der Waals surface area contributed by atoms with Crippen LogP contribution >= 0.6 is 0 Å². The second-order valence-electron chi connectivity index (χ2n) is 4.74. The third-order valence-corrected chi connectivity index (χ3v) is 5.14. The first kappa shape index (κ1) is 14.5. The molecule has 0 spiro atoms. The van der Waals surface area contributed by atoms with Crippen LogP contribution in [0.1, 0.15) is 11.4 Å². The second kappa shape index (κ2) is 5.26. The molecule has 0 aliphatic rings. The van der Waals surface area contributed by atoms with Crippen molar-refractivity contribution in [3.8, 4) is 0 Å². The third-order valence-electron chi connectivity index (χ3n) is 3.17. The number of aromatic nitrogens is 2. The van der Waals surface area contributed by atoms with E-state index in [1.807, 2.05) is 7.05 Å². The molecule has 0 unspecified atom stereocenters. The minimum Gasteiger partial charge on any atom is -0.399 e. The molecule has 7 heteroatoms. The van der Waals surface area contributed by atoms with Crippen molar-refractivity contribution < 1.29 is 8.42 Å². The van der Waals surface area contributed by atoms with Gasteiger partial charge in [-0.15, -0.1) is 0 Å². The predicted molar refractivity (Wildman–Crippen MR) is 77.5 cm³/mol. The Morgan fingerprint density at radius 1 is 1.40 bits per heavy atom. The number of rotatable bonds is 4. The maximum absolute atomic E-state index is 12.5. The molecule has 1 aromatic heterocycles. The van der Waals surface area contributed by atoms with E-state index in [-0.39, 0.29) is 11.4 Å². The molecule has 6 nitrogen and oxygen atoms in total. The number of sulfonamides is 1. The highest BCUT2D eigenvalue weighted by atomic mass is 32.2. The number of hydrogen-bond donors (Lipinski definition) is 1. The van der Waals surface area contributed by atoms with Gasteiger partial charge in [0.05, 0.1) is 11.4 Å². The Kier molecular flexibility index (Phi) is 3.82.